The van der Waals surface area contributed by atoms with E-state index in [9.17, 15) is 9.59 Å². The van der Waals surface area contributed by atoms with Gasteiger partial charge in [0.2, 0.25) is 0 Å². The summed E-state index contributed by atoms with van der Waals surface area (Å²) < 4.78 is 5.24. The molecule has 1 heterocycles. The largest absolute Gasteiger partial charge is 0.464 e. The summed E-state index contributed by atoms with van der Waals surface area (Å²) in [6.45, 7) is 1.93. The average molecular weight is 279 g/mol. The van der Waals surface area contributed by atoms with Crippen LogP contribution in [0.4, 0.5) is 5.69 Å². The zero-order valence-electron chi connectivity index (χ0n) is 11.4. The molecule has 1 N–H and O–H groups in total. The van der Waals surface area contributed by atoms with Crippen molar-refractivity contribution in [1.29, 1.82) is 0 Å². The van der Waals surface area contributed by atoms with Crippen LogP contribution in [0, 0.1) is 6.92 Å². The second kappa shape index (κ2) is 5.25. The monoisotopic (exact) mass is 279 g/mol. The molecule has 1 amide bonds. The van der Waals surface area contributed by atoms with Gasteiger partial charge in [0.15, 0.2) is 5.43 Å². The lowest BCUT2D eigenvalue weighted by atomic mass is 10.1. The van der Waals surface area contributed by atoms with Gasteiger partial charge in [0.25, 0.3) is 5.91 Å². The highest BCUT2D eigenvalue weighted by atomic mass is 16.3. The third kappa shape index (κ3) is 2.69. The minimum atomic E-state index is -0.210. The van der Waals surface area contributed by atoms with Crippen molar-refractivity contribution in [3.8, 4) is 0 Å². The van der Waals surface area contributed by atoms with E-state index in [1.54, 1.807) is 24.3 Å². The predicted molar refractivity (Wildman–Crippen MR) is 81.6 cm³/mol. The first kappa shape index (κ1) is 13.1. The van der Waals surface area contributed by atoms with E-state index >= 15 is 0 Å². The third-order valence-corrected chi connectivity index (χ3v) is 3.20. The van der Waals surface area contributed by atoms with Crippen LogP contribution in [-0.2, 0) is 0 Å². The molecule has 0 saturated carbocycles. The molecule has 3 aromatic rings. The molecule has 0 atom stereocenters. The molecule has 21 heavy (non-hydrogen) atoms. The maximum Gasteiger partial charge on any atom is 0.255 e. The van der Waals surface area contributed by atoms with Crippen LogP contribution in [0.5, 0.6) is 0 Å². The van der Waals surface area contributed by atoms with Crippen LogP contribution >= 0.6 is 0 Å². The molecule has 0 saturated heterocycles. The van der Waals surface area contributed by atoms with Crippen molar-refractivity contribution < 1.29 is 9.21 Å². The summed E-state index contributed by atoms with van der Waals surface area (Å²) in [7, 11) is 0. The number of anilines is 1. The van der Waals surface area contributed by atoms with Crippen molar-refractivity contribution in [2.45, 2.75) is 6.92 Å². The number of hydrogen-bond acceptors (Lipinski definition) is 3. The summed E-state index contributed by atoms with van der Waals surface area (Å²) in [6.07, 6.45) is 1.36. The van der Waals surface area contributed by atoms with Crippen molar-refractivity contribution in [2.24, 2.45) is 0 Å². The van der Waals surface area contributed by atoms with E-state index in [1.165, 1.54) is 12.3 Å². The van der Waals surface area contributed by atoms with Crippen molar-refractivity contribution in [2.75, 3.05) is 5.32 Å². The highest BCUT2D eigenvalue weighted by molar-refractivity contribution is 6.05. The Morgan fingerprint density at radius 2 is 1.95 bits per heavy atom. The van der Waals surface area contributed by atoms with Gasteiger partial charge in [-0.05, 0) is 37.3 Å². The molecule has 0 aliphatic heterocycles. The van der Waals surface area contributed by atoms with Gasteiger partial charge in [-0.25, -0.2) is 0 Å². The second-order valence-corrected chi connectivity index (χ2v) is 4.82. The lowest BCUT2D eigenvalue weighted by molar-refractivity contribution is 0.102. The maximum absolute atomic E-state index is 12.2. The molecule has 1 aromatic heterocycles. The Labute approximate surface area is 121 Å². The number of fused-ring (bicyclic) bond motifs is 1. The van der Waals surface area contributed by atoms with Gasteiger partial charge in [-0.2, -0.15) is 0 Å². The Balaban J connectivity index is 1.93. The van der Waals surface area contributed by atoms with Crippen LogP contribution in [0.3, 0.4) is 0 Å². The molecule has 4 nitrogen and oxygen atoms in total. The molecule has 0 spiro atoms. The fourth-order valence-electron chi connectivity index (χ4n) is 2.15. The summed E-state index contributed by atoms with van der Waals surface area (Å²) in [6, 6.07) is 13.7. The Morgan fingerprint density at radius 1 is 1.10 bits per heavy atom. The summed E-state index contributed by atoms with van der Waals surface area (Å²) >= 11 is 0. The zero-order valence-corrected chi connectivity index (χ0v) is 11.4. The molecule has 3 rings (SSSR count). The van der Waals surface area contributed by atoms with Crippen molar-refractivity contribution >= 4 is 22.6 Å². The van der Waals surface area contributed by atoms with Crippen LogP contribution in [0.25, 0.3) is 11.0 Å². The quantitative estimate of drug-likeness (QED) is 0.782. The number of nitrogens with one attached hydrogen (secondary N) is 1. The molecule has 0 radical (unpaired) electrons. The molecular weight excluding hydrogens is 266 g/mol. The normalized spacial score (nSPS) is 10.5. The molecule has 0 unspecified atom stereocenters. The SMILES string of the molecule is Cc1cccc(C(=O)Nc2ccc3occc(=O)c3c2)c1. The van der Waals surface area contributed by atoms with Gasteiger partial charge < -0.3 is 9.73 Å². The van der Waals surface area contributed by atoms with Gasteiger partial charge in [-0.3, -0.25) is 9.59 Å². The van der Waals surface area contributed by atoms with Gasteiger partial charge in [0.1, 0.15) is 5.58 Å². The Bertz CT molecular complexity index is 880. The number of hydrogen-bond donors (Lipinski definition) is 1. The van der Waals surface area contributed by atoms with Gasteiger partial charge >= 0.3 is 0 Å². The maximum atomic E-state index is 12.2. The lowest BCUT2D eigenvalue weighted by Gasteiger charge is -2.06. The van der Waals surface area contributed by atoms with E-state index in [-0.39, 0.29) is 11.3 Å². The number of carbonyl (C=O) groups is 1. The first-order valence-electron chi connectivity index (χ1n) is 6.53. The van der Waals surface area contributed by atoms with Crippen LogP contribution in [0.1, 0.15) is 15.9 Å². The molecule has 2 aromatic carbocycles. The van der Waals surface area contributed by atoms with Crippen LogP contribution in [-0.4, -0.2) is 5.91 Å². The molecule has 4 heteroatoms. The van der Waals surface area contributed by atoms with Crippen molar-refractivity contribution in [3.05, 3.63) is 76.1 Å². The van der Waals surface area contributed by atoms with E-state index in [4.69, 9.17) is 4.42 Å². The van der Waals surface area contributed by atoms with E-state index in [0.717, 1.165) is 5.56 Å². The second-order valence-electron chi connectivity index (χ2n) is 4.82. The number of carbonyl (C=O) groups excluding carboxylic acids is 1. The zero-order chi connectivity index (χ0) is 14.8. The van der Waals surface area contributed by atoms with E-state index < -0.39 is 0 Å². The van der Waals surface area contributed by atoms with Gasteiger partial charge in [0, 0.05) is 17.3 Å². The van der Waals surface area contributed by atoms with Gasteiger partial charge in [-0.1, -0.05) is 17.7 Å². The third-order valence-electron chi connectivity index (χ3n) is 3.20. The molecule has 0 aliphatic carbocycles. The molecular formula is C17H13NO3. The Kier molecular flexibility index (Phi) is 3.28. The highest BCUT2D eigenvalue weighted by Crippen LogP contribution is 2.17. The standard InChI is InChI=1S/C17H13NO3/c1-11-3-2-4-12(9-11)17(20)18-13-5-6-16-14(10-13)15(19)7-8-21-16/h2-10H,1H3,(H,18,20). The summed E-state index contributed by atoms with van der Waals surface area (Å²) in [5.41, 5.74) is 2.52. The fraction of sp³-hybridized carbons (Fsp3) is 0.0588. The van der Waals surface area contributed by atoms with Crippen LogP contribution < -0.4 is 10.7 Å². The summed E-state index contributed by atoms with van der Waals surface area (Å²) in [5.74, 6) is -0.210. The predicted octanol–water partition coefficient (Wildman–Crippen LogP) is 3.35. The first-order valence-corrected chi connectivity index (χ1v) is 6.53. The van der Waals surface area contributed by atoms with Gasteiger partial charge in [-0.15, -0.1) is 0 Å². The van der Waals surface area contributed by atoms with Crippen LogP contribution in [0.2, 0.25) is 0 Å². The number of aryl methyl sites for hydroxylation is 1. The van der Waals surface area contributed by atoms with E-state index in [2.05, 4.69) is 5.32 Å². The number of rotatable bonds is 2. The Hall–Kier alpha value is -2.88. The smallest absolute Gasteiger partial charge is 0.255 e. The van der Waals surface area contributed by atoms with E-state index in [1.807, 2.05) is 25.1 Å². The molecule has 0 aliphatic rings. The lowest BCUT2D eigenvalue weighted by Crippen LogP contribution is -2.12. The number of amides is 1. The average Bonchev–Trinajstić information content (AvgIpc) is 2.48. The fourth-order valence-corrected chi connectivity index (χ4v) is 2.15. The van der Waals surface area contributed by atoms with Crippen molar-refractivity contribution in [1.82, 2.24) is 0 Å². The minimum Gasteiger partial charge on any atom is -0.464 e. The molecule has 104 valence electrons. The van der Waals surface area contributed by atoms with Crippen LogP contribution in [0.15, 0.2) is 64.0 Å². The topological polar surface area (TPSA) is 59.3 Å². The summed E-state index contributed by atoms with van der Waals surface area (Å²) in [4.78, 5) is 23.9. The number of benzene rings is 2. The summed E-state index contributed by atoms with van der Waals surface area (Å²) in [5, 5.41) is 3.23. The molecule has 0 bridgehead atoms. The minimum absolute atomic E-state index is 0.136. The Morgan fingerprint density at radius 3 is 2.76 bits per heavy atom. The van der Waals surface area contributed by atoms with E-state index in [0.29, 0.717) is 22.2 Å². The molecule has 0 fully saturated rings. The highest BCUT2D eigenvalue weighted by Gasteiger charge is 2.07. The van der Waals surface area contributed by atoms with Gasteiger partial charge in [0.05, 0.1) is 11.6 Å². The van der Waals surface area contributed by atoms with Crippen molar-refractivity contribution in [3.63, 3.8) is 0 Å². The first-order chi connectivity index (χ1) is 10.1.